The highest BCUT2D eigenvalue weighted by molar-refractivity contribution is 5.12. The zero-order valence-corrected chi connectivity index (χ0v) is 4.82. The minimum Gasteiger partial charge on any atom is -0.267 e. The molecule has 0 fully saturated rings. The van der Waals surface area contributed by atoms with Gasteiger partial charge in [0.15, 0.2) is 0 Å². The summed E-state index contributed by atoms with van der Waals surface area (Å²) in [5.41, 5.74) is -0.160. The van der Waals surface area contributed by atoms with E-state index >= 15 is 0 Å². The van der Waals surface area contributed by atoms with E-state index in [4.69, 9.17) is 0 Å². The largest absolute Gasteiger partial charge is 0.270 e. The first-order valence-corrected chi connectivity index (χ1v) is 2.51. The van der Waals surface area contributed by atoms with Crippen molar-refractivity contribution >= 4 is 6.20 Å². The van der Waals surface area contributed by atoms with Crippen molar-refractivity contribution in [3.05, 3.63) is 35.3 Å². The molecular formula is C6H6N2O. The zero-order valence-electron chi connectivity index (χ0n) is 4.82. The van der Waals surface area contributed by atoms with E-state index in [-0.39, 0.29) is 5.56 Å². The molecule has 0 amide bonds. The predicted octanol–water partition coefficient (Wildman–Crippen LogP) is 0.344. The molecule has 0 aromatic carbocycles. The Morgan fingerprint density at radius 1 is 1.78 bits per heavy atom. The van der Waals surface area contributed by atoms with Crippen LogP contribution in [0.4, 0.5) is 0 Å². The smallest absolute Gasteiger partial charge is 0.267 e. The zero-order chi connectivity index (χ0) is 6.69. The van der Waals surface area contributed by atoms with Gasteiger partial charge < -0.3 is 0 Å². The molecule has 1 aromatic heterocycles. The monoisotopic (exact) mass is 122 g/mol. The Bertz CT molecular complexity index is 264. The lowest BCUT2D eigenvalue weighted by Crippen LogP contribution is -2.15. The topological polar surface area (TPSA) is 34.9 Å². The van der Waals surface area contributed by atoms with E-state index in [0.717, 1.165) is 0 Å². The summed E-state index contributed by atoms with van der Waals surface area (Å²) in [6.45, 7) is 3.39. The third-order valence-corrected chi connectivity index (χ3v) is 0.915. The van der Waals surface area contributed by atoms with Gasteiger partial charge in [-0.2, -0.15) is 5.10 Å². The Kier molecular flexibility index (Phi) is 1.44. The van der Waals surface area contributed by atoms with E-state index in [0.29, 0.717) is 0 Å². The van der Waals surface area contributed by atoms with E-state index in [1.165, 1.54) is 23.1 Å². The molecule has 0 saturated heterocycles. The van der Waals surface area contributed by atoms with Gasteiger partial charge in [-0.1, -0.05) is 6.58 Å². The van der Waals surface area contributed by atoms with Crippen molar-refractivity contribution in [2.24, 2.45) is 0 Å². The summed E-state index contributed by atoms with van der Waals surface area (Å²) in [7, 11) is 0. The van der Waals surface area contributed by atoms with Crippen LogP contribution in [0.1, 0.15) is 0 Å². The van der Waals surface area contributed by atoms with Crippen LogP contribution in [0.5, 0.6) is 0 Å². The second kappa shape index (κ2) is 2.26. The molecule has 0 saturated carbocycles. The highest BCUT2D eigenvalue weighted by atomic mass is 16.1. The van der Waals surface area contributed by atoms with Crippen LogP contribution in [0.15, 0.2) is 29.7 Å². The first kappa shape index (κ1) is 5.75. The molecule has 46 valence electrons. The maximum absolute atomic E-state index is 10.7. The predicted molar refractivity (Wildman–Crippen MR) is 34.9 cm³/mol. The maximum atomic E-state index is 10.7. The molecule has 0 spiro atoms. The van der Waals surface area contributed by atoms with Gasteiger partial charge in [0.2, 0.25) is 0 Å². The van der Waals surface area contributed by atoms with Gasteiger partial charge in [0.25, 0.3) is 5.56 Å². The van der Waals surface area contributed by atoms with Gasteiger partial charge in [0, 0.05) is 18.5 Å². The molecule has 0 unspecified atom stereocenters. The van der Waals surface area contributed by atoms with Crippen molar-refractivity contribution in [3.63, 3.8) is 0 Å². The van der Waals surface area contributed by atoms with Crippen LogP contribution in [0, 0.1) is 0 Å². The highest BCUT2D eigenvalue weighted by Gasteiger charge is 1.83. The van der Waals surface area contributed by atoms with Crippen LogP contribution in [0.3, 0.4) is 0 Å². The summed E-state index contributed by atoms with van der Waals surface area (Å²) in [5.74, 6) is 0. The van der Waals surface area contributed by atoms with Gasteiger partial charge in [0.05, 0.1) is 0 Å². The first-order valence-electron chi connectivity index (χ1n) is 2.51. The van der Waals surface area contributed by atoms with E-state index in [1.807, 2.05) is 0 Å². The quantitative estimate of drug-likeness (QED) is 0.538. The molecule has 1 rings (SSSR count). The lowest BCUT2D eigenvalue weighted by atomic mass is 10.6. The molecule has 1 heterocycles. The lowest BCUT2D eigenvalue weighted by Gasteiger charge is -1.89. The first-order chi connectivity index (χ1) is 4.34. The van der Waals surface area contributed by atoms with Gasteiger partial charge in [-0.3, -0.25) is 4.79 Å². The highest BCUT2D eigenvalue weighted by Crippen LogP contribution is 1.72. The molecule has 0 aliphatic carbocycles. The molecule has 0 bridgehead atoms. The van der Waals surface area contributed by atoms with Crippen LogP contribution in [-0.2, 0) is 0 Å². The van der Waals surface area contributed by atoms with Gasteiger partial charge >= 0.3 is 0 Å². The molecular weight excluding hydrogens is 116 g/mol. The number of aromatic nitrogens is 2. The SMILES string of the molecule is C=Cn1ncccc1=O. The van der Waals surface area contributed by atoms with Crippen LogP contribution in [0.2, 0.25) is 0 Å². The molecule has 3 nitrogen and oxygen atoms in total. The fourth-order valence-electron chi connectivity index (χ4n) is 0.506. The van der Waals surface area contributed by atoms with Gasteiger partial charge in [0.1, 0.15) is 0 Å². The summed E-state index contributed by atoms with van der Waals surface area (Å²) in [4.78, 5) is 10.7. The van der Waals surface area contributed by atoms with Crippen LogP contribution in [-0.4, -0.2) is 9.78 Å². The average molecular weight is 122 g/mol. The van der Waals surface area contributed by atoms with Crippen molar-refractivity contribution in [3.8, 4) is 0 Å². The van der Waals surface area contributed by atoms with E-state index in [2.05, 4.69) is 11.7 Å². The normalized spacial score (nSPS) is 8.89. The van der Waals surface area contributed by atoms with Gasteiger partial charge in [-0.15, -0.1) is 0 Å². The van der Waals surface area contributed by atoms with Crippen molar-refractivity contribution < 1.29 is 0 Å². The summed E-state index contributed by atoms with van der Waals surface area (Å²) >= 11 is 0. The molecule has 0 aliphatic rings. The Balaban J connectivity index is 3.32. The van der Waals surface area contributed by atoms with Crippen LogP contribution < -0.4 is 5.56 Å². The summed E-state index contributed by atoms with van der Waals surface area (Å²) in [6.07, 6.45) is 2.89. The minimum atomic E-state index is -0.160. The van der Waals surface area contributed by atoms with Crippen molar-refractivity contribution in [1.29, 1.82) is 0 Å². The number of hydrogen-bond donors (Lipinski definition) is 0. The van der Waals surface area contributed by atoms with Gasteiger partial charge in [-0.25, -0.2) is 4.68 Å². The standard InChI is InChI=1S/C6H6N2O/c1-2-8-6(9)4-3-5-7-8/h2-5H,1H2. The summed E-state index contributed by atoms with van der Waals surface area (Å²) < 4.78 is 1.17. The lowest BCUT2D eigenvalue weighted by molar-refractivity contribution is 0.854. The molecule has 1 aromatic rings. The van der Waals surface area contributed by atoms with Crippen molar-refractivity contribution in [1.82, 2.24) is 9.78 Å². The third-order valence-electron chi connectivity index (χ3n) is 0.915. The Labute approximate surface area is 52.3 Å². The third kappa shape index (κ3) is 1.05. The van der Waals surface area contributed by atoms with E-state index in [1.54, 1.807) is 6.07 Å². The van der Waals surface area contributed by atoms with E-state index in [9.17, 15) is 4.79 Å². The molecule has 0 N–H and O–H groups in total. The van der Waals surface area contributed by atoms with E-state index < -0.39 is 0 Å². The fourth-order valence-corrected chi connectivity index (χ4v) is 0.506. The van der Waals surface area contributed by atoms with Crippen molar-refractivity contribution in [2.45, 2.75) is 0 Å². The van der Waals surface area contributed by atoms with Gasteiger partial charge in [-0.05, 0) is 6.07 Å². The van der Waals surface area contributed by atoms with Crippen molar-refractivity contribution in [2.75, 3.05) is 0 Å². The summed E-state index contributed by atoms with van der Waals surface area (Å²) in [6, 6.07) is 3.01. The number of hydrogen-bond acceptors (Lipinski definition) is 2. The van der Waals surface area contributed by atoms with Crippen LogP contribution >= 0.6 is 0 Å². The summed E-state index contributed by atoms with van der Waals surface area (Å²) in [5, 5.41) is 3.68. The number of nitrogens with zero attached hydrogens (tertiary/aromatic N) is 2. The molecule has 0 aliphatic heterocycles. The molecule has 9 heavy (non-hydrogen) atoms. The maximum Gasteiger partial charge on any atom is 0.270 e. The fraction of sp³-hybridized carbons (Fsp3) is 0. The number of rotatable bonds is 1. The molecule has 0 radical (unpaired) electrons. The average Bonchev–Trinajstić information content (AvgIpc) is 1.89. The van der Waals surface area contributed by atoms with Crippen LogP contribution in [0.25, 0.3) is 6.20 Å². The molecule has 3 heteroatoms. The Morgan fingerprint density at radius 3 is 3.00 bits per heavy atom. The Hall–Kier alpha value is -1.38. The second-order valence-corrected chi connectivity index (χ2v) is 1.49. The molecule has 0 atom stereocenters. The Morgan fingerprint density at radius 2 is 2.56 bits per heavy atom. The minimum absolute atomic E-state index is 0.160. The second-order valence-electron chi connectivity index (χ2n) is 1.49.